The first-order valence-electron chi connectivity index (χ1n) is 6.13. The van der Waals surface area contributed by atoms with Crippen LogP contribution in [0, 0.1) is 5.82 Å². The fourth-order valence-corrected chi connectivity index (χ4v) is 2.96. The number of carbonyl (C=O) groups is 1. The van der Waals surface area contributed by atoms with Gasteiger partial charge in [-0.2, -0.15) is 5.10 Å². The van der Waals surface area contributed by atoms with Gasteiger partial charge in [-0.1, -0.05) is 6.07 Å². The second-order valence-electron chi connectivity index (χ2n) is 4.49. The van der Waals surface area contributed by atoms with Gasteiger partial charge in [0.25, 0.3) is 5.91 Å². The highest BCUT2D eigenvalue weighted by atomic mass is 32.1. The van der Waals surface area contributed by atoms with Crippen molar-refractivity contribution in [2.45, 2.75) is 13.0 Å². The Bertz CT molecular complexity index is 751. The van der Waals surface area contributed by atoms with Crippen LogP contribution in [-0.2, 0) is 0 Å². The number of thiophene rings is 1. The molecule has 0 fully saturated rings. The quantitative estimate of drug-likeness (QED) is 0.777. The molecule has 6 heteroatoms. The second kappa shape index (κ2) is 5.05. The topological polar surface area (TPSA) is 57.8 Å². The Balaban J connectivity index is 1.84. The fraction of sp³-hybridized carbons (Fsp3) is 0.143. The largest absolute Gasteiger partial charge is 0.345 e. The molecule has 0 spiro atoms. The van der Waals surface area contributed by atoms with Crippen molar-refractivity contribution in [1.29, 1.82) is 0 Å². The minimum Gasteiger partial charge on any atom is -0.345 e. The third kappa shape index (κ3) is 2.30. The number of benzene rings is 1. The fourth-order valence-electron chi connectivity index (χ4n) is 1.99. The van der Waals surface area contributed by atoms with Crippen LogP contribution in [0.15, 0.2) is 36.7 Å². The predicted molar refractivity (Wildman–Crippen MR) is 76.3 cm³/mol. The summed E-state index contributed by atoms with van der Waals surface area (Å²) in [7, 11) is 0. The Labute approximate surface area is 118 Å². The maximum absolute atomic E-state index is 13.6. The lowest BCUT2D eigenvalue weighted by molar-refractivity contribution is 0.0944. The summed E-state index contributed by atoms with van der Waals surface area (Å²) in [6, 6.07) is 6.28. The molecule has 2 aromatic heterocycles. The number of aromatic nitrogens is 2. The predicted octanol–water partition coefficient (Wildman–Crippen LogP) is 3.25. The first-order chi connectivity index (χ1) is 9.65. The normalized spacial score (nSPS) is 12.5. The molecule has 1 atom stereocenters. The molecular formula is C14H12FN3OS. The van der Waals surface area contributed by atoms with Crippen LogP contribution in [0.25, 0.3) is 10.1 Å². The number of nitrogens with zero attached hydrogens (tertiary/aromatic N) is 1. The Morgan fingerprint density at radius 1 is 1.50 bits per heavy atom. The van der Waals surface area contributed by atoms with E-state index in [9.17, 15) is 9.18 Å². The Kier molecular flexibility index (Phi) is 3.23. The molecule has 3 aromatic rings. The molecule has 1 aromatic carbocycles. The van der Waals surface area contributed by atoms with E-state index in [4.69, 9.17) is 0 Å². The van der Waals surface area contributed by atoms with Crippen LogP contribution in [0.2, 0.25) is 0 Å². The van der Waals surface area contributed by atoms with Crippen molar-refractivity contribution < 1.29 is 9.18 Å². The van der Waals surface area contributed by atoms with Gasteiger partial charge in [-0.05, 0) is 25.1 Å². The van der Waals surface area contributed by atoms with Crippen LogP contribution >= 0.6 is 11.3 Å². The summed E-state index contributed by atoms with van der Waals surface area (Å²) in [6.07, 6.45) is 3.39. The highest BCUT2D eigenvalue weighted by Crippen LogP contribution is 2.28. The van der Waals surface area contributed by atoms with E-state index in [0.717, 1.165) is 10.3 Å². The molecular weight excluding hydrogens is 277 g/mol. The molecule has 4 nitrogen and oxygen atoms in total. The average Bonchev–Trinajstić information content (AvgIpc) is 3.08. The van der Waals surface area contributed by atoms with Gasteiger partial charge in [-0.3, -0.25) is 9.89 Å². The lowest BCUT2D eigenvalue weighted by Crippen LogP contribution is -2.25. The van der Waals surface area contributed by atoms with Gasteiger partial charge in [0.1, 0.15) is 5.82 Å². The zero-order valence-electron chi connectivity index (χ0n) is 10.7. The summed E-state index contributed by atoms with van der Waals surface area (Å²) >= 11 is 1.28. The zero-order valence-corrected chi connectivity index (χ0v) is 11.5. The SMILES string of the molecule is CC(NC(=O)c1cc2c(F)cccc2s1)c1cn[nH]c1. The van der Waals surface area contributed by atoms with Crippen molar-refractivity contribution in [3.63, 3.8) is 0 Å². The molecule has 0 aliphatic carbocycles. The van der Waals surface area contributed by atoms with E-state index >= 15 is 0 Å². The molecule has 2 N–H and O–H groups in total. The summed E-state index contributed by atoms with van der Waals surface area (Å²) in [5.74, 6) is -0.514. The summed E-state index contributed by atoms with van der Waals surface area (Å²) in [6.45, 7) is 1.87. The number of nitrogens with one attached hydrogen (secondary N) is 2. The molecule has 1 amide bonds. The maximum atomic E-state index is 13.6. The summed E-state index contributed by atoms with van der Waals surface area (Å²) in [4.78, 5) is 12.7. The van der Waals surface area contributed by atoms with Crippen LogP contribution in [0.4, 0.5) is 4.39 Å². The molecule has 0 saturated carbocycles. The van der Waals surface area contributed by atoms with Gasteiger partial charge in [-0.25, -0.2) is 4.39 Å². The first-order valence-corrected chi connectivity index (χ1v) is 6.94. The van der Waals surface area contributed by atoms with E-state index in [1.807, 2.05) is 6.92 Å². The van der Waals surface area contributed by atoms with Crippen molar-refractivity contribution in [2.24, 2.45) is 0 Å². The number of carbonyl (C=O) groups excluding carboxylic acids is 1. The highest BCUT2D eigenvalue weighted by Gasteiger charge is 2.15. The molecule has 0 aliphatic heterocycles. The van der Waals surface area contributed by atoms with Gasteiger partial charge in [0.05, 0.1) is 17.1 Å². The molecule has 3 rings (SSSR count). The van der Waals surface area contributed by atoms with Gasteiger partial charge < -0.3 is 5.32 Å². The van der Waals surface area contributed by atoms with Crippen molar-refractivity contribution in [1.82, 2.24) is 15.5 Å². The number of fused-ring (bicyclic) bond motifs is 1. The van der Waals surface area contributed by atoms with Crippen LogP contribution in [-0.4, -0.2) is 16.1 Å². The summed E-state index contributed by atoms with van der Waals surface area (Å²) < 4.78 is 14.4. The van der Waals surface area contributed by atoms with Crippen molar-refractivity contribution in [3.05, 3.63) is 52.9 Å². The molecule has 1 unspecified atom stereocenters. The number of hydrogen-bond donors (Lipinski definition) is 2. The Hall–Kier alpha value is -2.21. The van der Waals surface area contributed by atoms with Gasteiger partial charge in [0.15, 0.2) is 0 Å². The molecule has 0 aliphatic rings. The van der Waals surface area contributed by atoms with Gasteiger partial charge >= 0.3 is 0 Å². The Morgan fingerprint density at radius 3 is 3.05 bits per heavy atom. The van der Waals surface area contributed by atoms with Gasteiger partial charge in [-0.15, -0.1) is 11.3 Å². The number of hydrogen-bond acceptors (Lipinski definition) is 3. The van der Waals surface area contributed by atoms with Crippen LogP contribution < -0.4 is 5.32 Å². The van der Waals surface area contributed by atoms with E-state index in [1.165, 1.54) is 17.4 Å². The van der Waals surface area contributed by atoms with Crippen LogP contribution in [0.5, 0.6) is 0 Å². The lowest BCUT2D eigenvalue weighted by Gasteiger charge is -2.10. The van der Waals surface area contributed by atoms with Crippen LogP contribution in [0.3, 0.4) is 0 Å². The van der Waals surface area contributed by atoms with E-state index in [0.29, 0.717) is 10.3 Å². The Morgan fingerprint density at radius 2 is 2.35 bits per heavy atom. The highest BCUT2D eigenvalue weighted by molar-refractivity contribution is 7.20. The van der Waals surface area contributed by atoms with Crippen molar-refractivity contribution in [3.8, 4) is 0 Å². The van der Waals surface area contributed by atoms with Crippen LogP contribution in [0.1, 0.15) is 28.2 Å². The molecule has 102 valence electrons. The van der Waals surface area contributed by atoms with Gasteiger partial charge in [0.2, 0.25) is 0 Å². The third-order valence-corrected chi connectivity index (χ3v) is 4.20. The maximum Gasteiger partial charge on any atom is 0.261 e. The number of halogens is 1. The molecule has 0 bridgehead atoms. The molecule has 20 heavy (non-hydrogen) atoms. The second-order valence-corrected chi connectivity index (χ2v) is 5.57. The van der Waals surface area contributed by atoms with Crippen molar-refractivity contribution >= 4 is 27.3 Å². The minimum atomic E-state index is -0.305. The first kappa shape index (κ1) is 12.8. The van der Waals surface area contributed by atoms with E-state index in [2.05, 4.69) is 15.5 Å². The summed E-state index contributed by atoms with van der Waals surface area (Å²) in [5.41, 5.74) is 0.894. The third-order valence-electron chi connectivity index (χ3n) is 3.10. The van der Waals surface area contributed by atoms with E-state index < -0.39 is 0 Å². The van der Waals surface area contributed by atoms with Gasteiger partial charge in [0, 0.05) is 21.8 Å². The monoisotopic (exact) mass is 289 g/mol. The number of H-pyrrole nitrogens is 1. The lowest BCUT2D eigenvalue weighted by atomic mass is 10.2. The van der Waals surface area contributed by atoms with Crippen molar-refractivity contribution in [2.75, 3.05) is 0 Å². The number of rotatable bonds is 3. The average molecular weight is 289 g/mol. The zero-order chi connectivity index (χ0) is 14.1. The molecule has 2 heterocycles. The minimum absolute atomic E-state index is 0.156. The number of aromatic amines is 1. The smallest absolute Gasteiger partial charge is 0.261 e. The van der Waals surface area contributed by atoms with E-state index in [-0.39, 0.29) is 17.8 Å². The van der Waals surface area contributed by atoms with E-state index in [1.54, 1.807) is 30.6 Å². The summed E-state index contributed by atoms with van der Waals surface area (Å²) in [5, 5.41) is 9.90. The molecule has 0 radical (unpaired) electrons. The molecule has 0 saturated heterocycles. The number of amides is 1. The standard InChI is InChI=1S/C14H12FN3OS/c1-8(9-6-16-17-7-9)18-14(19)13-5-10-11(15)3-2-4-12(10)20-13/h2-8H,1H3,(H,16,17)(H,18,19).